The molecule has 1 N–H and O–H groups in total. The Morgan fingerprint density at radius 2 is 0.914 bits per heavy atom. The molecule has 14 heteroatoms. The first-order valence-electron chi connectivity index (χ1n) is 26.6. The van der Waals surface area contributed by atoms with Gasteiger partial charge < -0.3 is 57.2 Å². The molecule has 14 nitrogen and oxygen atoms in total. The third kappa shape index (κ3) is 8.85. The van der Waals surface area contributed by atoms with Gasteiger partial charge in [-0.2, -0.15) is 0 Å². The summed E-state index contributed by atoms with van der Waals surface area (Å²) in [5.41, 5.74) is 4.35. The predicted octanol–water partition coefficient (Wildman–Crippen LogP) is 11.8. The van der Waals surface area contributed by atoms with Crippen LogP contribution in [0.3, 0.4) is 0 Å². The third-order valence-electron chi connectivity index (χ3n) is 15.0. The Balaban J connectivity index is 1.04. The van der Waals surface area contributed by atoms with Crippen LogP contribution in [0.1, 0.15) is 66.0 Å². The molecule has 2 fully saturated rings. The topological polar surface area (TPSA) is 156 Å². The second kappa shape index (κ2) is 20.7. The summed E-state index contributed by atoms with van der Waals surface area (Å²) < 4.78 is 75.0. The molecule has 2 saturated heterocycles. The predicted molar refractivity (Wildman–Crippen MR) is 293 cm³/mol. The summed E-state index contributed by atoms with van der Waals surface area (Å²) in [5.74, 6) is -4.97. The van der Waals surface area contributed by atoms with Crippen LogP contribution in [0.15, 0.2) is 224 Å². The van der Waals surface area contributed by atoms with Crippen LogP contribution in [0.4, 0.5) is 0 Å². The lowest BCUT2D eigenvalue weighted by molar-refractivity contribution is -0.353. The van der Waals surface area contributed by atoms with Crippen molar-refractivity contribution in [2.75, 3.05) is 6.61 Å². The normalized spacial score (nSPS) is 21.6. The Morgan fingerprint density at radius 1 is 0.457 bits per heavy atom. The fraction of sp³-hybridized carbons (Fsp3) is 0.164. The number of hydrogen-bond donors (Lipinski definition) is 1. The van der Waals surface area contributed by atoms with Gasteiger partial charge in [-0.3, -0.25) is 0 Å². The van der Waals surface area contributed by atoms with Crippen molar-refractivity contribution in [2.24, 2.45) is 0 Å². The standard InChI is InChI=1S/C67H50O14/c68-62-48-36-50(71-38-41-22-8-1-9-23-41)56-59(81-67(79-56,46-32-18-6-19-33-46)47-34-20-7-21-35-47)54(48)53-49(63(69)76-61-60(75-62)55-52(74-64(61)70)40-73-65(77-55)43-26-12-3-13-27-43)37-51-57(58(53)72-39-42-24-10-2-11-25-42)80-66(78-51,44-28-14-4-15-29-44)45-30-16-5-17-31-45/h1-37,52,55,60-61,64-65,70H,38-40H2/t52-,55-,60+,61-,64?,65-/m1/s1. The maximum absolute atomic E-state index is 16.1. The first-order valence-corrected chi connectivity index (χ1v) is 26.6. The molecule has 0 saturated carbocycles. The van der Waals surface area contributed by atoms with Crippen molar-refractivity contribution in [1.29, 1.82) is 0 Å². The number of esters is 2. The van der Waals surface area contributed by atoms with Crippen molar-refractivity contribution in [3.8, 4) is 45.6 Å². The average molecular weight is 1080 g/mol. The van der Waals surface area contributed by atoms with Crippen molar-refractivity contribution in [3.63, 3.8) is 0 Å². The Morgan fingerprint density at radius 3 is 1.47 bits per heavy atom. The van der Waals surface area contributed by atoms with E-state index in [2.05, 4.69) is 0 Å². The van der Waals surface area contributed by atoms with E-state index < -0.39 is 60.5 Å². The van der Waals surface area contributed by atoms with Gasteiger partial charge >= 0.3 is 23.5 Å². The van der Waals surface area contributed by atoms with Crippen LogP contribution in [0.5, 0.6) is 34.5 Å². The summed E-state index contributed by atoms with van der Waals surface area (Å²) in [4.78, 5) is 32.0. The second-order valence-corrected chi connectivity index (χ2v) is 20.0. The smallest absolute Gasteiger partial charge is 0.339 e. The summed E-state index contributed by atoms with van der Waals surface area (Å²) in [5, 5.41) is 12.0. The fourth-order valence-electron chi connectivity index (χ4n) is 11.2. The summed E-state index contributed by atoms with van der Waals surface area (Å²) in [6, 6.07) is 68.8. The van der Waals surface area contributed by atoms with Gasteiger partial charge in [0, 0.05) is 38.9 Å². The highest BCUT2D eigenvalue weighted by Gasteiger charge is 2.57. The van der Waals surface area contributed by atoms with Gasteiger partial charge in [0.2, 0.25) is 11.5 Å². The molecule has 9 aromatic rings. The minimum Gasteiger partial charge on any atom is -0.485 e. The van der Waals surface area contributed by atoms with E-state index in [-0.39, 0.29) is 76.6 Å². The van der Waals surface area contributed by atoms with Crippen molar-refractivity contribution >= 4 is 11.9 Å². The van der Waals surface area contributed by atoms with Crippen molar-refractivity contribution in [1.82, 2.24) is 0 Å². The maximum Gasteiger partial charge on any atom is 0.339 e. The molecule has 0 aromatic heterocycles. The summed E-state index contributed by atoms with van der Waals surface area (Å²) in [6.45, 7) is -0.0958. The Labute approximate surface area is 465 Å². The SMILES string of the molecule is O=C1O[C@H]2C(O)O[C@@H]3CO[C@@H](c4ccccc4)O[C@H]3[C@@H]2OC(=O)c2cc(OCc3ccccc3)c3c(c2-c2c1cc1c(c2OCc2ccccc2)OC(c2ccccc2)(c2ccccc2)O1)OC(c1ccccc1)(c1ccccc1)O3. The third-order valence-corrected chi connectivity index (χ3v) is 15.0. The number of hydrogen-bond acceptors (Lipinski definition) is 14. The van der Waals surface area contributed by atoms with Crippen LogP contribution >= 0.6 is 0 Å². The molecule has 1 unspecified atom stereocenters. The molecule has 5 aliphatic heterocycles. The largest absolute Gasteiger partial charge is 0.485 e. The van der Waals surface area contributed by atoms with Crippen molar-refractivity contribution in [2.45, 2.75) is 61.8 Å². The van der Waals surface area contributed by atoms with Crippen LogP contribution in [-0.2, 0) is 48.5 Å². The molecule has 0 aliphatic carbocycles. The molecule has 5 aliphatic rings. The van der Waals surface area contributed by atoms with E-state index in [4.69, 9.17) is 52.1 Å². The molecule has 6 atom stereocenters. The van der Waals surface area contributed by atoms with E-state index >= 15 is 9.59 Å². The quantitative estimate of drug-likeness (QED) is 0.122. The zero-order valence-corrected chi connectivity index (χ0v) is 43.2. The molecule has 0 radical (unpaired) electrons. The van der Waals surface area contributed by atoms with E-state index in [1.54, 1.807) is 0 Å². The highest BCUT2D eigenvalue weighted by atomic mass is 16.8. The Bertz CT molecular complexity index is 3680. The Hall–Kier alpha value is -9.44. The van der Waals surface area contributed by atoms with Gasteiger partial charge in [0.05, 0.1) is 17.7 Å². The maximum atomic E-state index is 16.1. The van der Waals surface area contributed by atoms with Gasteiger partial charge in [-0.15, -0.1) is 0 Å². The highest BCUT2D eigenvalue weighted by molar-refractivity contribution is 6.09. The van der Waals surface area contributed by atoms with Crippen LogP contribution in [0.25, 0.3) is 11.1 Å². The molecule has 14 rings (SSSR count). The van der Waals surface area contributed by atoms with Gasteiger partial charge in [0.15, 0.2) is 47.8 Å². The monoisotopic (exact) mass is 1080 g/mol. The molecule has 402 valence electrons. The van der Waals surface area contributed by atoms with Gasteiger partial charge in [-0.05, 0) is 23.3 Å². The highest BCUT2D eigenvalue weighted by Crippen LogP contribution is 2.63. The lowest BCUT2D eigenvalue weighted by Crippen LogP contribution is -2.63. The van der Waals surface area contributed by atoms with E-state index in [9.17, 15) is 5.11 Å². The van der Waals surface area contributed by atoms with E-state index in [0.717, 1.165) is 11.1 Å². The first-order chi connectivity index (χ1) is 39.8. The number of aliphatic hydroxyl groups is 1. The number of ether oxygens (including phenoxy) is 11. The molecular weight excluding hydrogens is 1030 g/mol. The number of carbonyl (C=O) groups excluding carboxylic acids is 2. The molecular formula is C67H50O14. The molecule has 0 bridgehead atoms. The number of aliphatic hydroxyl groups excluding tert-OH is 1. The zero-order valence-electron chi connectivity index (χ0n) is 43.2. The van der Waals surface area contributed by atoms with Gasteiger partial charge in [-0.25, -0.2) is 9.59 Å². The molecule has 9 aromatic carbocycles. The lowest BCUT2D eigenvalue weighted by atomic mass is 9.90. The number of fused-ring (bicyclic) bond motifs is 9. The summed E-state index contributed by atoms with van der Waals surface area (Å²) >= 11 is 0. The first kappa shape index (κ1) is 49.8. The number of carbonyl (C=O) groups is 2. The van der Waals surface area contributed by atoms with Crippen LogP contribution in [0.2, 0.25) is 0 Å². The van der Waals surface area contributed by atoms with Gasteiger partial charge in [0.1, 0.15) is 25.4 Å². The average Bonchev–Trinajstić information content (AvgIpc) is 4.29. The minimum absolute atomic E-state index is 0.00629. The fourth-order valence-corrected chi connectivity index (χ4v) is 11.2. The number of benzene rings is 9. The van der Waals surface area contributed by atoms with Gasteiger partial charge in [0.25, 0.3) is 0 Å². The van der Waals surface area contributed by atoms with E-state index in [1.165, 1.54) is 12.1 Å². The minimum atomic E-state index is -1.83. The Kier molecular flexibility index (Phi) is 12.7. The molecule has 81 heavy (non-hydrogen) atoms. The zero-order chi connectivity index (χ0) is 54.5. The molecule has 0 amide bonds. The van der Waals surface area contributed by atoms with E-state index in [0.29, 0.717) is 27.8 Å². The second-order valence-electron chi connectivity index (χ2n) is 20.0. The summed E-state index contributed by atoms with van der Waals surface area (Å²) in [7, 11) is 0. The van der Waals surface area contributed by atoms with Crippen LogP contribution < -0.4 is 28.4 Å². The lowest BCUT2D eigenvalue weighted by Gasteiger charge is -2.47. The molecule has 0 spiro atoms. The molecule has 5 heterocycles. The number of rotatable bonds is 11. The summed E-state index contributed by atoms with van der Waals surface area (Å²) in [6.07, 6.45) is -8.04. The van der Waals surface area contributed by atoms with Crippen molar-refractivity contribution in [3.05, 3.63) is 275 Å². The van der Waals surface area contributed by atoms with Crippen molar-refractivity contribution < 1.29 is 66.8 Å². The van der Waals surface area contributed by atoms with Crippen LogP contribution in [-0.4, -0.2) is 54.4 Å². The van der Waals surface area contributed by atoms with Crippen LogP contribution in [0, 0.1) is 0 Å². The van der Waals surface area contributed by atoms with Gasteiger partial charge in [-0.1, -0.05) is 212 Å². The van der Waals surface area contributed by atoms with E-state index in [1.807, 2.05) is 212 Å².